The molecule has 14 heteroatoms. The third-order valence-corrected chi connectivity index (χ3v) is 7.79. The largest absolute Gasteiger partial charge is 0.501 e. The van der Waals surface area contributed by atoms with E-state index in [1.165, 1.54) is 31.5 Å². The van der Waals surface area contributed by atoms with Crippen molar-refractivity contribution >= 4 is 30.8 Å². The lowest BCUT2D eigenvalue weighted by Crippen LogP contribution is -2.23. The van der Waals surface area contributed by atoms with Crippen LogP contribution < -0.4 is 0 Å². The van der Waals surface area contributed by atoms with Crippen LogP contribution in [0.3, 0.4) is 0 Å². The van der Waals surface area contributed by atoms with Gasteiger partial charge in [0.15, 0.2) is 21.2 Å². The average molecular weight is 498 g/mol. The summed E-state index contributed by atoms with van der Waals surface area (Å²) >= 11 is 0. The third kappa shape index (κ3) is 4.06. The molecule has 0 fully saturated rings. The van der Waals surface area contributed by atoms with Gasteiger partial charge in [0.25, 0.3) is 9.84 Å². The van der Waals surface area contributed by atoms with Crippen LogP contribution in [0.4, 0.5) is 13.2 Å². The lowest BCUT2D eigenvalue weighted by molar-refractivity contribution is -0.0435. The molecule has 3 aromatic heterocycles. The molecule has 0 unspecified atom stereocenters. The number of hydrogen-bond donors (Lipinski definition) is 0. The molecule has 0 bridgehead atoms. The van der Waals surface area contributed by atoms with Gasteiger partial charge in [-0.05, 0) is 36.4 Å². The molecule has 0 aliphatic rings. The van der Waals surface area contributed by atoms with Gasteiger partial charge in [-0.25, -0.2) is 36.8 Å². The second-order valence-electron chi connectivity index (χ2n) is 6.62. The van der Waals surface area contributed by atoms with E-state index in [4.69, 9.17) is 4.42 Å². The van der Waals surface area contributed by atoms with Crippen molar-refractivity contribution in [1.82, 2.24) is 19.9 Å². The molecule has 4 aromatic rings. The molecule has 0 atom stereocenters. The molecule has 3 heterocycles. The number of fused-ring (bicyclic) bond motifs is 1. The molecule has 4 rings (SSSR count). The number of aromatic nitrogens is 4. The molecule has 0 saturated heterocycles. The fourth-order valence-electron chi connectivity index (χ4n) is 2.87. The number of hydrogen-bond acceptors (Lipinski definition) is 9. The third-order valence-electron chi connectivity index (χ3n) is 4.54. The van der Waals surface area contributed by atoms with Crippen LogP contribution in [0.2, 0.25) is 0 Å². The van der Waals surface area contributed by atoms with Crippen molar-refractivity contribution in [3.63, 3.8) is 0 Å². The van der Waals surface area contributed by atoms with Gasteiger partial charge in [-0.1, -0.05) is 6.92 Å². The molecule has 0 spiro atoms. The summed E-state index contributed by atoms with van der Waals surface area (Å²) in [4.78, 5) is 15.1. The zero-order valence-electron chi connectivity index (χ0n) is 16.6. The summed E-state index contributed by atoms with van der Waals surface area (Å²) in [6.07, 6.45) is 2.92. The molecule has 0 radical (unpaired) electrons. The summed E-state index contributed by atoms with van der Waals surface area (Å²) in [5.74, 6) is -0.401. The summed E-state index contributed by atoms with van der Waals surface area (Å²) in [6.45, 7) is 1.42. The molecular weight excluding hydrogens is 485 g/mol. The van der Waals surface area contributed by atoms with E-state index in [0.717, 1.165) is 12.1 Å². The van der Waals surface area contributed by atoms with E-state index in [1.54, 1.807) is 6.07 Å². The number of oxazole rings is 1. The van der Waals surface area contributed by atoms with E-state index in [0.29, 0.717) is 6.07 Å². The molecular formula is C19H13F3N4O5S2. The van der Waals surface area contributed by atoms with Gasteiger partial charge in [0.1, 0.15) is 16.9 Å². The molecule has 0 N–H and O–H groups in total. The minimum Gasteiger partial charge on any atom is -0.435 e. The molecule has 0 aliphatic heterocycles. The van der Waals surface area contributed by atoms with Gasteiger partial charge in [0.05, 0.1) is 15.5 Å². The Kier molecular flexibility index (Phi) is 5.44. The van der Waals surface area contributed by atoms with Crippen LogP contribution in [0.1, 0.15) is 6.92 Å². The van der Waals surface area contributed by atoms with Crippen LogP contribution >= 0.6 is 0 Å². The highest BCUT2D eigenvalue weighted by atomic mass is 32.2. The Hall–Kier alpha value is -3.39. The van der Waals surface area contributed by atoms with Crippen molar-refractivity contribution in [2.75, 3.05) is 5.75 Å². The normalized spacial score (nSPS) is 12.8. The van der Waals surface area contributed by atoms with Crippen molar-refractivity contribution in [1.29, 1.82) is 0 Å². The predicted octanol–water partition coefficient (Wildman–Crippen LogP) is 3.43. The number of alkyl halides is 3. The number of pyridine rings is 1. The Bertz CT molecular complexity index is 1570. The van der Waals surface area contributed by atoms with Crippen molar-refractivity contribution in [2.45, 2.75) is 22.2 Å². The Balaban J connectivity index is 1.92. The number of nitrogens with zero attached hydrogens (tertiary/aromatic N) is 4. The van der Waals surface area contributed by atoms with Crippen LogP contribution in [0.5, 0.6) is 0 Å². The molecule has 0 amide bonds. The standard InChI is InChI=1S/C19H13F3N4O5S2/c1-2-32(27,28)15-7-5-12(17-23-8-3-9-24-17)25-16(15)18-26-13-10-11(4-6-14(13)31-18)33(29,30)19(20,21)22/h3-10H,2H2,1H3. The van der Waals surface area contributed by atoms with Crippen LogP contribution in [-0.2, 0) is 19.7 Å². The van der Waals surface area contributed by atoms with E-state index < -0.39 is 30.1 Å². The Labute approximate surface area is 185 Å². The summed E-state index contributed by atoms with van der Waals surface area (Å²) in [5, 5.41) is 0. The first-order valence-corrected chi connectivity index (χ1v) is 12.3. The highest BCUT2D eigenvalue weighted by Crippen LogP contribution is 2.34. The maximum absolute atomic E-state index is 12.9. The van der Waals surface area contributed by atoms with Crippen LogP contribution in [0.15, 0.2) is 63.0 Å². The van der Waals surface area contributed by atoms with Crippen LogP contribution in [0, 0.1) is 0 Å². The van der Waals surface area contributed by atoms with Gasteiger partial charge in [0.2, 0.25) is 5.89 Å². The fraction of sp³-hybridized carbons (Fsp3) is 0.158. The number of benzene rings is 1. The zero-order valence-corrected chi connectivity index (χ0v) is 18.2. The van der Waals surface area contributed by atoms with Crippen LogP contribution in [-0.4, -0.2) is 48.0 Å². The minimum absolute atomic E-state index is 0.0610. The second-order valence-corrected chi connectivity index (χ2v) is 10.8. The van der Waals surface area contributed by atoms with E-state index in [9.17, 15) is 30.0 Å². The molecule has 9 nitrogen and oxygen atoms in total. The summed E-state index contributed by atoms with van der Waals surface area (Å²) < 4.78 is 92.9. The van der Waals surface area contributed by atoms with Gasteiger partial charge in [-0.2, -0.15) is 13.2 Å². The van der Waals surface area contributed by atoms with Crippen molar-refractivity contribution in [3.8, 4) is 23.1 Å². The smallest absolute Gasteiger partial charge is 0.435 e. The molecule has 1 aromatic carbocycles. The van der Waals surface area contributed by atoms with E-state index >= 15 is 0 Å². The van der Waals surface area contributed by atoms with Gasteiger partial charge < -0.3 is 4.42 Å². The van der Waals surface area contributed by atoms with E-state index in [-0.39, 0.29) is 44.9 Å². The maximum Gasteiger partial charge on any atom is 0.501 e. The molecule has 0 aliphatic carbocycles. The average Bonchev–Trinajstić information content (AvgIpc) is 3.22. The highest BCUT2D eigenvalue weighted by molar-refractivity contribution is 7.92. The first-order valence-electron chi connectivity index (χ1n) is 9.17. The number of rotatable bonds is 5. The maximum atomic E-state index is 12.9. The quantitative estimate of drug-likeness (QED) is 0.406. The topological polar surface area (TPSA) is 133 Å². The Morgan fingerprint density at radius 2 is 1.67 bits per heavy atom. The zero-order chi connectivity index (χ0) is 24.0. The minimum atomic E-state index is -5.61. The summed E-state index contributed by atoms with van der Waals surface area (Å²) in [5.41, 5.74) is -5.80. The number of sulfone groups is 2. The lowest BCUT2D eigenvalue weighted by atomic mass is 10.3. The summed E-state index contributed by atoms with van der Waals surface area (Å²) in [7, 11) is -9.42. The molecule has 33 heavy (non-hydrogen) atoms. The lowest BCUT2D eigenvalue weighted by Gasteiger charge is -2.08. The molecule has 172 valence electrons. The van der Waals surface area contributed by atoms with Gasteiger partial charge >= 0.3 is 5.51 Å². The van der Waals surface area contributed by atoms with Gasteiger partial charge in [0, 0.05) is 12.4 Å². The number of halogens is 3. The SMILES string of the molecule is CCS(=O)(=O)c1ccc(-c2ncccn2)nc1-c1nc2cc(S(=O)(=O)C(F)(F)F)ccc2o1. The fourth-order valence-corrected chi connectivity index (χ4v) is 4.67. The highest BCUT2D eigenvalue weighted by Gasteiger charge is 2.47. The first-order chi connectivity index (χ1) is 15.4. The van der Waals surface area contributed by atoms with Crippen molar-refractivity contribution in [2.24, 2.45) is 0 Å². The predicted molar refractivity (Wildman–Crippen MR) is 109 cm³/mol. The van der Waals surface area contributed by atoms with Gasteiger partial charge in [-0.3, -0.25) is 0 Å². The van der Waals surface area contributed by atoms with Gasteiger partial charge in [-0.15, -0.1) is 0 Å². The summed E-state index contributed by atoms with van der Waals surface area (Å²) in [6, 6.07) is 6.68. The monoisotopic (exact) mass is 498 g/mol. The molecule has 0 saturated carbocycles. The second kappa shape index (κ2) is 7.88. The Morgan fingerprint density at radius 3 is 2.30 bits per heavy atom. The van der Waals surface area contributed by atoms with Crippen LogP contribution in [0.25, 0.3) is 34.2 Å². The van der Waals surface area contributed by atoms with E-state index in [1.807, 2.05) is 0 Å². The van der Waals surface area contributed by atoms with Crippen molar-refractivity contribution < 1.29 is 34.4 Å². The Morgan fingerprint density at radius 1 is 0.970 bits per heavy atom. The van der Waals surface area contributed by atoms with Crippen molar-refractivity contribution in [3.05, 3.63) is 48.8 Å². The first kappa shape index (κ1) is 22.8. The van der Waals surface area contributed by atoms with E-state index in [2.05, 4.69) is 19.9 Å².